The molecule has 1 amide bonds. The minimum absolute atomic E-state index is 0.301. The van der Waals surface area contributed by atoms with Crippen molar-refractivity contribution in [1.82, 2.24) is 9.97 Å². The number of aromatic amines is 1. The van der Waals surface area contributed by atoms with Crippen molar-refractivity contribution in [3.63, 3.8) is 0 Å². The fourth-order valence-corrected chi connectivity index (χ4v) is 3.66. The third kappa shape index (κ3) is 2.81. The molecule has 0 radical (unpaired) electrons. The maximum Gasteiger partial charge on any atom is 0.258 e. The Kier molecular flexibility index (Phi) is 3.62. The van der Waals surface area contributed by atoms with Crippen LogP contribution in [0.2, 0.25) is 0 Å². The fourth-order valence-electron chi connectivity index (χ4n) is 2.80. The van der Waals surface area contributed by atoms with Crippen LogP contribution in [0.25, 0.3) is 21.1 Å². The number of amides is 1. The lowest BCUT2D eigenvalue weighted by atomic mass is 10.0. The van der Waals surface area contributed by atoms with E-state index < -0.39 is 0 Å². The van der Waals surface area contributed by atoms with Gasteiger partial charge in [0.2, 0.25) is 5.56 Å². The van der Waals surface area contributed by atoms with Gasteiger partial charge in [0.1, 0.15) is 0 Å². The van der Waals surface area contributed by atoms with E-state index in [4.69, 9.17) is 0 Å². The van der Waals surface area contributed by atoms with Gasteiger partial charge in [-0.1, -0.05) is 23.5 Å². The Morgan fingerprint density at radius 3 is 2.68 bits per heavy atom. The summed E-state index contributed by atoms with van der Waals surface area (Å²) in [6.07, 6.45) is 0. The van der Waals surface area contributed by atoms with Gasteiger partial charge in [0.15, 0.2) is 5.13 Å². The van der Waals surface area contributed by atoms with Crippen molar-refractivity contribution in [3.05, 3.63) is 69.5 Å². The first-order valence-electron chi connectivity index (χ1n) is 7.82. The number of aromatic nitrogens is 2. The number of nitrogens with one attached hydrogen (secondary N) is 2. The third-order valence-corrected chi connectivity index (χ3v) is 5.17. The molecule has 2 aromatic heterocycles. The van der Waals surface area contributed by atoms with Crippen molar-refractivity contribution in [1.29, 1.82) is 0 Å². The lowest BCUT2D eigenvalue weighted by Crippen LogP contribution is -2.17. The van der Waals surface area contributed by atoms with Gasteiger partial charge in [-0.25, -0.2) is 4.98 Å². The molecule has 2 heterocycles. The van der Waals surface area contributed by atoms with Gasteiger partial charge in [-0.15, -0.1) is 0 Å². The van der Waals surface area contributed by atoms with E-state index in [1.54, 1.807) is 0 Å². The summed E-state index contributed by atoms with van der Waals surface area (Å²) in [7, 11) is 0. The average Bonchev–Trinajstić information content (AvgIpc) is 2.97. The number of para-hydroxylation sites is 1. The van der Waals surface area contributed by atoms with E-state index in [9.17, 15) is 9.59 Å². The highest BCUT2D eigenvalue weighted by Gasteiger charge is 2.15. The van der Waals surface area contributed by atoms with E-state index in [2.05, 4.69) is 15.3 Å². The van der Waals surface area contributed by atoms with Gasteiger partial charge in [0.05, 0.1) is 15.8 Å². The molecule has 2 N–H and O–H groups in total. The number of fused-ring (bicyclic) bond motifs is 2. The van der Waals surface area contributed by atoms with Crippen LogP contribution >= 0.6 is 11.3 Å². The van der Waals surface area contributed by atoms with E-state index in [-0.39, 0.29) is 11.5 Å². The minimum atomic E-state index is -0.335. The summed E-state index contributed by atoms with van der Waals surface area (Å²) < 4.78 is 1.00. The number of pyridine rings is 1. The second-order valence-electron chi connectivity index (χ2n) is 5.97. The predicted molar refractivity (Wildman–Crippen MR) is 102 cm³/mol. The molecular weight excluding hydrogens is 334 g/mol. The largest absolute Gasteiger partial charge is 0.322 e. The maximum atomic E-state index is 12.8. The Labute approximate surface area is 147 Å². The molecule has 4 aromatic rings. The molecule has 0 unspecified atom stereocenters. The number of rotatable bonds is 2. The molecule has 0 atom stereocenters. The summed E-state index contributed by atoms with van der Waals surface area (Å²) in [5.74, 6) is -0.335. The number of anilines is 1. The van der Waals surface area contributed by atoms with E-state index in [1.807, 2.05) is 50.2 Å². The number of carbonyl (C=O) groups excluding carboxylic acids is 1. The summed E-state index contributed by atoms with van der Waals surface area (Å²) >= 11 is 1.41. The molecular formula is C19H15N3O2S. The Bertz CT molecular complexity index is 1160. The maximum absolute atomic E-state index is 12.8. The number of nitrogens with zero attached hydrogens (tertiary/aromatic N) is 1. The normalized spacial score (nSPS) is 11.1. The van der Waals surface area contributed by atoms with E-state index in [0.717, 1.165) is 26.7 Å². The summed E-state index contributed by atoms with van der Waals surface area (Å²) in [6.45, 7) is 3.95. The predicted octanol–water partition coefficient (Wildman–Crippen LogP) is 4.01. The van der Waals surface area contributed by atoms with Crippen molar-refractivity contribution >= 4 is 43.5 Å². The van der Waals surface area contributed by atoms with Crippen molar-refractivity contribution < 1.29 is 4.79 Å². The van der Waals surface area contributed by atoms with Crippen molar-refractivity contribution in [2.75, 3.05) is 5.32 Å². The topological polar surface area (TPSA) is 74.8 Å². The number of thiazole rings is 1. The van der Waals surface area contributed by atoms with Crippen LogP contribution in [0.4, 0.5) is 5.13 Å². The number of carbonyl (C=O) groups is 1. The molecule has 0 spiro atoms. The van der Waals surface area contributed by atoms with Crippen molar-refractivity contribution in [3.8, 4) is 0 Å². The number of aryl methyl sites for hydroxylation is 2. The van der Waals surface area contributed by atoms with Crippen LogP contribution in [0.15, 0.2) is 47.3 Å². The molecule has 25 heavy (non-hydrogen) atoms. The summed E-state index contributed by atoms with van der Waals surface area (Å²) in [5, 5.41) is 4.06. The van der Waals surface area contributed by atoms with Crippen LogP contribution in [0.5, 0.6) is 0 Å². The molecule has 0 saturated carbocycles. The van der Waals surface area contributed by atoms with Gasteiger partial charge in [-0.2, -0.15) is 0 Å². The van der Waals surface area contributed by atoms with Gasteiger partial charge in [0, 0.05) is 17.0 Å². The Hall–Kier alpha value is -2.99. The van der Waals surface area contributed by atoms with Gasteiger partial charge >= 0.3 is 0 Å². The Balaban J connectivity index is 1.79. The molecule has 2 aromatic carbocycles. The number of benzene rings is 2. The molecule has 5 nitrogen and oxygen atoms in total. The molecule has 124 valence electrons. The van der Waals surface area contributed by atoms with Gasteiger partial charge in [0.25, 0.3) is 5.91 Å². The van der Waals surface area contributed by atoms with Crippen LogP contribution in [0, 0.1) is 13.8 Å². The SMILES string of the molecule is Cc1cc2[nH]c(=O)cc(C(=O)Nc3nc4ccccc4s3)c2cc1C. The second-order valence-corrected chi connectivity index (χ2v) is 7.00. The zero-order chi connectivity index (χ0) is 17.6. The van der Waals surface area contributed by atoms with Crippen LogP contribution in [0.3, 0.4) is 0 Å². The monoisotopic (exact) mass is 349 g/mol. The molecule has 0 bridgehead atoms. The quantitative estimate of drug-likeness (QED) is 0.574. The summed E-state index contributed by atoms with van der Waals surface area (Å²) in [4.78, 5) is 31.9. The zero-order valence-electron chi connectivity index (χ0n) is 13.7. The summed E-state index contributed by atoms with van der Waals surface area (Å²) in [5.41, 5.74) is 3.67. The molecule has 0 saturated heterocycles. The standard InChI is InChI=1S/C19H15N3O2S/c1-10-7-12-13(9-17(23)20-15(12)8-11(10)2)18(24)22-19-21-14-5-3-4-6-16(14)25-19/h3-9H,1-2H3,(H,20,23)(H,21,22,24). The van der Waals surface area contributed by atoms with Crippen molar-refractivity contribution in [2.24, 2.45) is 0 Å². The lowest BCUT2D eigenvalue weighted by molar-refractivity contribution is 0.102. The molecule has 0 aliphatic heterocycles. The van der Waals surface area contributed by atoms with E-state index >= 15 is 0 Å². The highest BCUT2D eigenvalue weighted by molar-refractivity contribution is 7.22. The van der Waals surface area contributed by atoms with E-state index in [0.29, 0.717) is 16.2 Å². The van der Waals surface area contributed by atoms with E-state index in [1.165, 1.54) is 17.4 Å². The Morgan fingerprint density at radius 2 is 1.88 bits per heavy atom. The fraction of sp³-hybridized carbons (Fsp3) is 0.105. The van der Waals surface area contributed by atoms with Crippen molar-refractivity contribution in [2.45, 2.75) is 13.8 Å². The van der Waals surface area contributed by atoms with Gasteiger partial charge in [-0.05, 0) is 49.2 Å². The molecule has 0 fully saturated rings. The first-order valence-corrected chi connectivity index (χ1v) is 8.64. The molecule has 0 aliphatic carbocycles. The minimum Gasteiger partial charge on any atom is -0.322 e. The smallest absolute Gasteiger partial charge is 0.258 e. The second kappa shape index (κ2) is 5.82. The molecule has 4 rings (SSSR count). The average molecular weight is 349 g/mol. The molecule has 0 aliphatic rings. The summed E-state index contributed by atoms with van der Waals surface area (Å²) in [6, 6.07) is 12.8. The van der Waals surface area contributed by atoms with Crippen LogP contribution in [0.1, 0.15) is 21.5 Å². The third-order valence-electron chi connectivity index (χ3n) is 4.22. The van der Waals surface area contributed by atoms with Crippen LogP contribution in [-0.4, -0.2) is 15.9 Å². The first-order chi connectivity index (χ1) is 12.0. The zero-order valence-corrected chi connectivity index (χ0v) is 14.5. The van der Waals surface area contributed by atoms with Crippen LogP contribution in [-0.2, 0) is 0 Å². The number of hydrogen-bond donors (Lipinski definition) is 2. The van der Waals surface area contributed by atoms with Gasteiger partial charge < -0.3 is 4.98 Å². The van der Waals surface area contributed by atoms with Gasteiger partial charge in [-0.3, -0.25) is 14.9 Å². The van der Waals surface area contributed by atoms with Crippen LogP contribution < -0.4 is 10.9 Å². The number of hydrogen-bond acceptors (Lipinski definition) is 4. The molecule has 6 heteroatoms. The lowest BCUT2D eigenvalue weighted by Gasteiger charge is -2.08. The number of H-pyrrole nitrogens is 1. The highest BCUT2D eigenvalue weighted by atomic mass is 32.1. The first kappa shape index (κ1) is 15.5. The highest BCUT2D eigenvalue weighted by Crippen LogP contribution is 2.26. The Morgan fingerprint density at radius 1 is 1.12 bits per heavy atom.